The summed E-state index contributed by atoms with van der Waals surface area (Å²) in [4.78, 5) is 0. The van der Waals surface area contributed by atoms with E-state index in [1.165, 1.54) is 0 Å². The first-order valence-corrected chi connectivity index (χ1v) is 5.85. The Morgan fingerprint density at radius 2 is 1.94 bits per heavy atom. The number of nitrogens with one attached hydrogen (secondary N) is 1. The Kier molecular flexibility index (Phi) is 3.12. The third kappa shape index (κ3) is 2.29. The summed E-state index contributed by atoms with van der Waals surface area (Å²) in [7, 11) is 0. The molecule has 0 spiro atoms. The number of nitrogens with zero attached hydrogens (tertiary/aromatic N) is 2. The van der Waals surface area contributed by atoms with Crippen molar-refractivity contribution in [2.24, 2.45) is 0 Å². The van der Waals surface area contributed by atoms with Gasteiger partial charge in [0.2, 0.25) is 0 Å². The van der Waals surface area contributed by atoms with E-state index in [4.69, 9.17) is 17.5 Å². The van der Waals surface area contributed by atoms with Gasteiger partial charge in [-0.3, -0.25) is 5.10 Å². The average molecular weight is 243 g/mol. The van der Waals surface area contributed by atoms with E-state index in [1.807, 2.05) is 22.9 Å². The zero-order valence-electron chi connectivity index (χ0n) is 9.77. The standard InChI is InChI=1S/C13H13N3S/c1-9(2)12-7-13(17)16(15-12)11-5-3-10(8-14)4-6-11/h3-7,9,15H,1-2H3. The topological polar surface area (TPSA) is 44.5 Å². The van der Waals surface area contributed by atoms with E-state index in [0.717, 1.165) is 16.0 Å². The third-order valence-corrected chi connectivity index (χ3v) is 2.92. The molecule has 0 atom stereocenters. The molecule has 1 aromatic heterocycles. The molecule has 1 N–H and O–H groups in total. The molecule has 86 valence electrons. The lowest BCUT2D eigenvalue weighted by Gasteiger charge is -2.04. The number of aromatic nitrogens is 2. The van der Waals surface area contributed by atoms with E-state index < -0.39 is 0 Å². The molecule has 0 aliphatic rings. The molecule has 0 bridgehead atoms. The SMILES string of the molecule is CC(C)c1cc(=S)n(-c2ccc(C#N)cc2)[nH]1. The highest BCUT2D eigenvalue weighted by Gasteiger charge is 2.05. The molecule has 0 radical (unpaired) electrons. The molecule has 0 saturated carbocycles. The molecule has 4 heteroatoms. The van der Waals surface area contributed by atoms with Crippen LogP contribution in [0.4, 0.5) is 0 Å². The Bertz CT molecular complexity index is 611. The van der Waals surface area contributed by atoms with Crippen LogP contribution in [0, 0.1) is 16.0 Å². The predicted molar refractivity (Wildman–Crippen MR) is 69.8 cm³/mol. The van der Waals surface area contributed by atoms with Gasteiger partial charge < -0.3 is 0 Å². The van der Waals surface area contributed by atoms with Crippen LogP contribution in [0.5, 0.6) is 0 Å². The first-order valence-electron chi connectivity index (χ1n) is 5.44. The zero-order chi connectivity index (χ0) is 12.4. The monoisotopic (exact) mass is 243 g/mol. The summed E-state index contributed by atoms with van der Waals surface area (Å²) in [5, 5.41) is 12.0. The molecule has 2 rings (SSSR count). The minimum absolute atomic E-state index is 0.413. The smallest absolute Gasteiger partial charge is 0.127 e. The molecular formula is C13H13N3S. The summed E-state index contributed by atoms with van der Waals surface area (Å²) in [6.45, 7) is 4.23. The quantitative estimate of drug-likeness (QED) is 0.820. The first-order chi connectivity index (χ1) is 8.11. The minimum atomic E-state index is 0.413. The van der Waals surface area contributed by atoms with Crippen molar-refractivity contribution in [3.8, 4) is 11.8 Å². The van der Waals surface area contributed by atoms with Crippen molar-refractivity contribution >= 4 is 12.2 Å². The maximum Gasteiger partial charge on any atom is 0.127 e. The van der Waals surface area contributed by atoms with Gasteiger partial charge in [-0.1, -0.05) is 26.1 Å². The van der Waals surface area contributed by atoms with Gasteiger partial charge in [0.25, 0.3) is 0 Å². The van der Waals surface area contributed by atoms with Crippen LogP contribution in [0.25, 0.3) is 5.69 Å². The number of hydrogen-bond donors (Lipinski definition) is 1. The van der Waals surface area contributed by atoms with Crippen molar-refractivity contribution in [1.29, 1.82) is 5.26 Å². The van der Waals surface area contributed by atoms with Gasteiger partial charge in [-0.15, -0.1) is 0 Å². The van der Waals surface area contributed by atoms with Gasteiger partial charge in [0.15, 0.2) is 0 Å². The van der Waals surface area contributed by atoms with Gasteiger partial charge in [-0.05, 0) is 36.2 Å². The number of benzene rings is 1. The summed E-state index contributed by atoms with van der Waals surface area (Å²) in [5.74, 6) is 0.413. The second kappa shape index (κ2) is 4.56. The van der Waals surface area contributed by atoms with Gasteiger partial charge in [0.1, 0.15) is 4.64 Å². The van der Waals surface area contributed by atoms with E-state index in [9.17, 15) is 0 Å². The van der Waals surface area contributed by atoms with E-state index in [2.05, 4.69) is 25.0 Å². The van der Waals surface area contributed by atoms with Crippen molar-refractivity contribution in [3.05, 3.63) is 46.2 Å². The van der Waals surface area contributed by atoms with Crippen molar-refractivity contribution in [1.82, 2.24) is 9.78 Å². The predicted octanol–water partition coefficient (Wildman–Crippen LogP) is 3.53. The van der Waals surface area contributed by atoms with Gasteiger partial charge in [-0.2, -0.15) is 5.26 Å². The molecule has 0 amide bonds. The van der Waals surface area contributed by atoms with Gasteiger partial charge >= 0.3 is 0 Å². The second-order valence-electron chi connectivity index (χ2n) is 4.20. The van der Waals surface area contributed by atoms with Crippen LogP contribution < -0.4 is 0 Å². The number of hydrogen-bond acceptors (Lipinski definition) is 2. The van der Waals surface area contributed by atoms with Gasteiger partial charge in [0.05, 0.1) is 17.3 Å². The highest BCUT2D eigenvalue weighted by molar-refractivity contribution is 7.71. The number of H-pyrrole nitrogens is 1. The molecule has 17 heavy (non-hydrogen) atoms. The number of aromatic amines is 1. The Morgan fingerprint density at radius 3 is 2.41 bits per heavy atom. The summed E-state index contributed by atoms with van der Waals surface area (Å²) in [5.41, 5.74) is 2.70. The van der Waals surface area contributed by atoms with Crippen LogP contribution >= 0.6 is 12.2 Å². The molecule has 0 aliphatic carbocycles. The molecule has 3 nitrogen and oxygen atoms in total. The Morgan fingerprint density at radius 1 is 1.29 bits per heavy atom. The lowest BCUT2D eigenvalue weighted by Crippen LogP contribution is -1.98. The van der Waals surface area contributed by atoms with Crippen molar-refractivity contribution in [3.63, 3.8) is 0 Å². The van der Waals surface area contributed by atoms with Crippen LogP contribution in [0.3, 0.4) is 0 Å². The molecule has 0 fully saturated rings. The van der Waals surface area contributed by atoms with Gasteiger partial charge in [0, 0.05) is 5.69 Å². The fraction of sp³-hybridized carbons (Fsp3) is 0.231. The molecule has 1 aromatic carbocycles. The van der Waals surface area contributed by atoms with Crippen LogP contribution in [-0.4, -0.2) is 9.78 Å². The maximum absolute atomic E-state index is 8.75. The summed E-state index contributed by atoms with van der Waals surface area (Å²) < 4.78 is 2.60. The molecule has 0 saturated heterocycles. The molecular weight excluding hydrogens is 230 g/mol. The van der Waals surface area contributed by atoms with Crippen LogP contribution in [-0.2, 0) is 0 Å². The Hall–Kier alpha value is -1.86. The fourth-order valence-corrected chi connectivity index (χ4v) is 1.86. The largest absolute Gasteiger partial charge is 0.297 e. The van der Waals surface area contributed by atoms with Crippen LogP contribution in [0.15, 0.2) is 30.3 Å². The Labute approximate surface area is 105 Å². The normalized spacial score (nSPS) is 10.5. The molecule has 0 unspecified atom stereocenters. The summed E-state index contributed by atoms with van der Waals surface area (Å²) in [6.07, 6.45) is 0. The van der Waals surface area contributed by atoms with Crippen LogP contribution in [0.2, 0.25) is 0 Å². The average Bonchev–Trinajstić information content (AvgIpc) is 2.72. The molecule has 0 aliphatic heterocycles. The van der Waals surface area contributed by atoms with E-state index in [-0.39, 0.29) is 0 Å². The van der Waals surface area contributed by atoms with Crippen molar-refractivity contribution in [2.75, 3.05) is 0 Å². The highest BCUT2D eigenvalue weighted by Crippen LogP contribution is 2.16. The van der Waals surface area contributed by atoms with Crippen molar-refractivity contribution < 1.29 is 0 Å². The zero-order valence-corrected chi connectivity index (χ0v) is 10.6. The van der Waals surface area contributed by atoms with Gasteiger partial charge in [-0.25, -0.2) is 4.68 Å². The minimum Gasteiger partial charge on any atom is -0.297 e. The Balaban J connectivity index is 2.46. The maximum atomic E-state index is 8.75. The third-order valence-electron chi connectivity index (χ3n) is 2.62. The highest BCUT2D eigenvalue weighted by atomic mass is 32.1. The van der Waals surface area contributed by atoms with Crippen LogP contribution in [0.1, 0.15) is 31.0 Å². The first kappa shape index (κ1) is 11.6. The van der Waals surface area contributed by atoms with Crippen molar-refractivity contribution in [2.45, 2.75) is 19.8 Å². The summed E-state index contributed by atoms with van der Waals surface area (Å²) >= 11 is 5.30. The molecule has 2 aromatic rings. The molecule has 1 heterocycles. The van der Waals surface area contributed by atoms with E-state index in [1.54, 1.807) is 12.1 Å². The second-order valence-corrected chi connectivity index (χ2v) is 4.62. The number of rotatable bonds is 2. The fourth-order valence-electron chi connectivity index (χ4n) is 1.59. The summed E-state index contributed by atoms with van der Waals surface area (Å²) in [6, 6.07) is 11.4. The lowest BCUT2D eigenvalue weighted by atomic mass is 10.1. The number of nitriles is 1. The van der Waals surface area contributed by atoms with E-state index in [0.29, 0.717) is 11.5 Å². The van der Waals surface area contributed by atoms with E-state index >= 15 is 0 Å². The lowest BCUT2D eigenvalue weighted by molar-refractivity contribution is 0.765.